The zero-order valence-corrected chi connectivity index (χ0v) is 15.3. The van der Waals surface area contributed by atoms with E-state index in [1.165, 1.54) is 17.4 Å². The Morgan fingerprint density at radius 2 is 2.00 bits per heavy atom. The van der Waals surface area contributed by atoms with Crippen LogP contribution in [0.5, 0.6) is 0 Å². The molecule has 0 aliphatic heterocycles. The standard InChI is InChI=1S/C18H26N6O2/c1-12-3-5-13(6-4-12)17(20-15-9-7-14(19)8-10-15)18-21-22-23-24(18)11-16(25)26-2/h3-6,14-15,17,20H,7-11,19H2,1-2H3. The Balaban J connectivity index is 1.87. The number of aromatic nitrogens is 4. The maximum atomic E-state index is 11.7. The van der Waals surface area contributed by atoms with Crippen LogP contribution in [0.25, 0.3) is 0 Å². The van der Waals surface area contributed by atoms with Crippen LogP contribution >= 0.6 is 0 Å². The highest BCUT2D eigenvalue weighted by molar-refractivity contribution is 5.68. The third kappa shape index (κ3) is 4.44. The number of carbonyl (C=O) groups excluding carboxylic acids is 1. The Hall–Kier alpha value is -2.32. The Labute approximate surface area is 153 Å². The van der Waals surface area contributed by atoms with Crippen molar-refractivity contribution in [3.63, 3.8) is 0 Å². The van der Waals surface area contributed by atoms with Gasteiger partial charge in [0.15, 0.2) is 5.82 Å². The van der Waals surface area contributed by atoms with E-state index >= 15 is 0 Å². The van der Waals surface area contributed by atoms with E-state index in [0.29, 0.717) is 11.9 Å². The molecule has 2 aromatic rings. The van der Waals surface area contributed by atoms with Gasteiger partial charge in [0, 0.05) is 12.1 Å². The summed E-state index contributed by atoms with van der Waals surface area (Å²) < 4.78 is 6.25. The monoisotopic (exact) mass is 358 g/mol. The van der Waals surface area contributed by atoms with E-state index in [1.807, 2.05) is 0 Å². The van der Waals surface area contributed by atoms with Gasteiger partial charge < -0.3 is 15.8 Å². The maximum Gasteiger partial charge on any atom is 0.327 e. The highest BCUT2D eigenvalue weighted by Crippen LogP contribution is 2.25. The summed E-state index contributed by atoms with van der Waals surface area (Å²) in [7, 11) is 1.35. The van der Waals surface area contributed by atoms with E-state index in [9.17, 15) is 4.79 Å². The van der Waals surface area contributed by atoms with E-state index in [0.717, 1.165) is 31.2 Å². The van der Waals surface area contributed by atoms with Gasteiger partial charge in [-0.2, -0.15) is 0 Å². The van der Waals surface area contributed by atoms with Crippen LogP contribution in [0.15, 0.2) is 24.3 Å². The minimum atomic E-state index is -0.384. The molecule has 0 bridgehead atoms. The first-order valence-electron chi connectivity index (χ1n) is 8.98. The summed E-state index contributed by atoms with van der Waals surface area (Å²) >= 11 is 0. The summed E-state index contributed by atoms with van der Waals surface area (Å²) in [5.41, 5.74) is 8.28. The number of nitrogens with zero attached hydrogens (tertiary/aromatic N) is 4. The summed E-state index contributed by atoms with van der Waals surface area (Å²) in [5, 5.41) is 15.6. The highest BCUT2D eigenvalue weighted by Gasteiger charge is 2.27. The fourth-order valence-electron chi connectivity index (χ4n) is 3.32. The molecule has 0 spiro atoms. The lowest BCUT2D eigenvalue weighted by atomic mass is 9.90. The van der Waals surface area contributed by atoms with Crippen molar-refractivity contribution in [3.05, 3.63) is 41.2 Å². The van der Waals surface area contributed by atoms with Crippen LogP contribution in [0.3, 0.4) is 0 Å². The van der Waals surface area contributed by atoms with Crippen molar-refractivity contribution >= 4 is 5.97 Å². The number of nitrogens with one attached hydrogen (secondary N) is 1. The second kappa shape index (κ2) is 8.37. The summed E-state index contributed by atoms with van der Waals surface area (Å²) in [6.07, 6.45) is 4.04. The average molecular weight is 358 g/mol. The second-order valence-electron chi connectivity index (χ2n) is 6.89. The first-order chi connectivity index (χ1) is 12.6. The van der Waals surface area contributed by atoms with Crippen LogP contribution < -0.4 is 11.1 Å². The van der Waals surface area contributed by atoms with Crippen molar-refractivity contribution in [2.24, 2.45) is 5.73 Å². The van der Waals surface area contributed by atoms with Gasteiger partial charge in [0.25, 0.3) is 0 Å². The lowest BCUT2D eigenvalue weighted by Crippen LogP contribution is -2.40. The molecule has 0 amide bonds. The summed E-state index contributed by atoms with van der Waals surface area (Å²) in [6.45, 7) is 2.04. The first kappa shape index (κ1) is 18.5. The molecule has 26 heavy (non-hydrogen) atoms. The third-order valence-corrected chi connectivity index (χ3v) is 4.91. The van der Waals surface area contributed by atoms with Crippen molar-refractivity contribution < 1.29 is 9.53 Å². The summed E-state index contributed by atoms with van der Waals surface area (Å²) in [5.74, 6) is 0.221. The fraction of sp³-hybridized carbons (Fsp3) is 0.556. The highest BCUT2D eigenvalue weighted by atomic mass is 16.5. The van der Waals surface area contributed by atoms with Gasteiger partial charge in [0.2, 0.25) is 0 Å². The molecule has 3 rings (SSSR count). The van der Waals surface area contributed by atoms with Crippen molar-refractivity contribution in [1.82, 2.24) is 25.5 Å². The van der Waals surface area contributed by atoms with Crippen molar-refractivity contribution in [3.8, 4) is 0 Å². The van der Waals surface area contributed by atoms with Gasteiger partial charge in [-0.3, -0.25) is 4.79 Å². The minimum absolute atomic E-state index is 0.0155. The quantitative estimate of drug-likeness (QED) is 0.745. The molecule has 1 aliphatic carbocycles. The zero-order valence-electron chi connectivity index (χ0n) is 15.3. The number of rotatable bonds is 6. The summed E-state index contributed by atoms with van der Waals surface area (Å²) in [6, 6.07) is 8.69. The molecule has 1 atom stereocenters. The molecule has 0 radical (unpaired) electrons. The van der Waals surface area contributed by atoms with Crippen LogP contribution in [0.4, 0.5) is 0 Å². The van der Waals surface area contributed by atoms with Gasteiger partial charge in [-0.25, -0.2) is 4.68 Å². The van der Waals surface area contributed by atoms with E-state index in [4.69, 9.17) is 10.5 Å². The number of esters is 1. The normalized spacial score (nSPS) is 21.3. The fourth-order valence-corrected chi connectivity index (χ4v) is 3.32. The topological polar surface area (TPSA) is 108 Å². The largest absolute Gasteiger partial charge is 0.468 e. The van der Waals surface area contributed by atoms with Crippen LogP contribution in [0.1, 0.15) is 48.7 Å². The van der Waals surface area contributed by atoms with Crippen LogP contribution in [0.2, 0.25) is 0 Å². The Bertz CT molecular complexity index is 722. The number of aryl methyl sites for hydroxylation is 1. The molecule has 1 fully saturated rings. The number of carbonyl (C=O) groups is 1. The molecule has 140 valence electrons. The molecular weight excluding hydrogens is 332 g/mol. The molecule has 3 N–H and O–H groups in total. The Kier molecular flexibility index (Phi) is 5.95. The summed E-state index contributed by atoms with van der Waals surface area (Å²) in [4.78, 5) is 11.7. The average Bonchev–Trinajstić information content (AvgIpc) is 3.10. The van der Waals surface area contributed by atoms with Gasteiger partial charge in [-0.15, -0.1) is 5.10 Å². The molecule has 1 heterocycles. The predicted octanol–water partition coefficient (Wildman–Crippen LogP) is 1.10. The lowest BCUT2D eigenvalue weighted by molar-refractivity contribution is -0.141. The van der Waals surface area contributed by atoms with E-state index in [1.54, 1.807) is 0 Å². The van der Waals surface area contributed by atoms with Gasteiger partial charge in [0.05, 0.1) is 13.2 Å². The van der Waals surface area contributed by atoms with Gasteiger partial charge >= 0.3 is 5.97 Å². The molecule has 1 unspecified atom stereocenters. The van der Waals surface area contributed by atoms with Gasteiger partial charge in [-0.1, -0.05) is 29.8 Å². The number of benzene rings is 1. The Morgan fingerprint density at radius 3 is 2.65 bits per heavy atom. The van der Waals surface area contributed by atoms with Crippen LogP contribution in [-0.2, 0) is 16.1 Å². The molecule has 8 heteroatoms. The second-order valence-corrected chi connectivity index (χ2v) is 6.89. The number of hydrogen-bond acceptors (Lipinski definition) is 7. The Morgan fingerprint density at radius 1 is 1.31 bits per heavy atom. The first-order valence-corrected chi connectivity index (χ1v) is 8.98. The van der Waals surface area contributed by atoms with Crippen LogP contribution in [0, 0.1) is 6.92 Å². The van der Waals surface area contributed by atoms with E-state index < -0.39 is 0 Å². The van der Waals surface area contributed by atoms with Gasteiger partial charge in [0.1, 0.15) is 6.54 Å². The van der Waals surface area contributed by atoms with E-state index in [-0.39, 0.29) is 24.6 Å². The third-order valence-electron chi connectivity index (χ3n) is 4.91. The van der Waals surface area contributed by atoms with Crippen molar-refractivity contribution in [2.75, 3.05) is 7.11 Å². The number of nitrogens with two attached hydrogens (primary N) is 1. The van der Waals surface area contributed by atoms with Gasteiger partial charge in [-0.05, 0) is 48.6 Å². The maximum absolute atomic E-state index is 11.7. The molecule has 1 aromatic heterocycles. The minimum Gasteiger partial charge on any atom is -0.468 e. The SMILES string of the molecule is COC(=O)Cn1nnnc1C(NC1CCC(N)CC1)c1ccc(C)cc1. The van der Waals surface area contributed by atoms with Crippen molar-refractivity contribution in [1.29, 1.82) is 0 Å². The number of ether oxygens (including phenoxy) is 1. The predicted molar refractivity (Wildman–Crippen MR) is 96.2 cm³/mol. The van der Waals surface area contributed by atoms with Crippen LogP contribution in [-0.4, -0.2) is 45.4 Å². The van der Waals surface area contributed by atoms with E-state index in [2.05, 4.69) is 52.0 Å². The smallest absolute Gasteiger partial charge is 0.327 e. The molecule has 1 saturated carbocycles. The molecule has 0 saturated heterocycles. The molecular formula is C18H26N6O2. The molecule has 1 aliphatic rings. The number of hydrogen-bond donors (Lipinski definition) is 2. The number of tetrazole rings is 1. The molecule has 8 nitrogen and oxygen atoms in total. The lowest BCUT2D eigenvalue weighted by Gasteiger charge is -2.30. The zero-order chi connectivity index (χ0) is 18.5. The number of methoxy groups -OCH3 is 1. The molecule has 1 aromatic carbocycles. The van der Waals surface area contributed by atoms with Crippen molar-refractivity contribution in [2.45, 2.75) is 57.3 Å².